The molecule has 1 fully saturated rings. The van der Waals surface area contributed by atoms with Gasteiger partial charge in [0.25, 0.3) is 0 Å². The van der Waals surface area contributed by atoms with Crippen molar-refractivity contribution < 1.29 is 4.74 Å². The van der Waals surface area contributed by atoms with Gasteiger partial charge < -0.3 is 10.5 Å². The summed E-state index contributed by atoms with van der Waals surface area (Å²) in [4.78, 5) is 2.41. The van der Waals surface area contributed by atoms with Crippen molar-refractivity contribution in [2.45, 2.75) is 19.0 Å². The zero-order valence-corrected chi connectivity index (χ0v) is 10.9. The fourth-order valence-electron chi connectivity index (χ4n) is 2.35. The number of rotatable bonds is 3. The van der Waals surface area contributed by atoms with Crippen molar-refractivity contribution in [3.8, 4) is 0 Å². The first-order chi connectivity index (χ1) is 8.22. The Balaban J connectivity index is 2.17. The Morgan fingerprint density at radius 2 is 2.18 bits per heavy atom. The SMILES string of the molecule is CC1COCCN1C(CN)c1ccc(Cl)cc1. The normalized spacial score (nSPS) is 23.6. The van der Waals surface area contributed by atoms with Crippen LogP contribution in [0.2, 0.25) is 5.02 Å². The number of hydrogen-bond donors (Lipinski definition) is 1. The fourth-order valence-corrected chi connectivity index (χ4v) is 2.48. The molecule has 94 valence electrons. The van der Waals surface area contributed by atoms with Gasteiger partial charge in [0.1, 0.15) is 0 Å². The lowest BCUT2D eigenvalue weighted by atomic mass is 10.0. The first kappa shape index (κ1) is 12.8. The molecule has 2 N–H and O–H groups in total. The third-order valence-electron chi connectivity index (χ3n) is 3.30. The summed E-state index contributed by atoms with van der Waals surface area (Å²) in [6, 6.07) is 8.62. The van der Waals surface area contributed by atoms with Gasteiger partial charge in [0, 0.05) is 30.2 Å². The number of benzene rings is 1. The van der Waals surface area contributed by atoms with Crippen molar-refractivity contribution in [2.75, 3.05) is 26.3 Å². The minimum absolute atomic E-state index is 0.256. The summed E-state index contributed by atoms with van der Waals surface area (Å²) >= 11 is 5.91. The maximum absolute atomic E-state index is 5.92. The average molecular weight is 255 g/mol. The van der Waals surface area contributed by atoms with Gasteiger partial charge in [-0.3, -0.25) is 4.90 Å². The zero-order chi connectivity index (χ0) is 12.3. The van der Waals surface area contributed by atoms with Crippen LogP contribution < -0.4 is 5.73 Å². The number of morpholine rings is 1. The van der Waals surface area contributed by atoms with Gasteiger partial charge in [0.05, 0.1) is 13.2 Å². The van der Waals surface area contributed by atoms with Crippen molar-refractivity contribution in [3.05, 3.63) is 34.9 Å². The van der Waals surface area contributed by atoms with Crippen molar-refractivity contribution in [1.29, 1.82) is 0 Å². The number of hydrogen-bond acceptors (Lipinski definition) is 3. The number of nitrogens with zero attached hydrogens (tertiary/aromatic N) is 1. The van der Waals surface area contributed by atoms with Gasteiger partial charge in [0.15, 0.2) is 0 Å². The van der Waals surface area contributed by atoms with Gasteiger partial charge in [-0.25, -0.2) is 0 Å². The van der Waals surface area contributed by atoms with Gasteiger partial charge in [0.2, 0.25) is 0 Å². The van der Waals surface area contributed by atoms with Crippen molar-refractivity contribution in [1.82, 2.24) is 4.90 Å². The molecule has 1 aliphatic rings. The molecular formula is C13H19ClN2O. The van der Waals surface area contributed by atoms with Crippen LogP contribution in [0.15, 0.2) is 24.3 Å². The molecule has 1 aliphatic heterocycles. The van der Waals surface area contributed by atoms with Gasteiger partial charge in [-0.05, 0) is 24.6 Å². The summed E-state index contributed by atoms with van der Waals surface area (Å²) < 4.78 is 5.46. The lowest BCUT2D eigenvalue weighted by molar-refractivity contribution is -0.0209. The lowest BCUT2D eigenvalue weighted by Gasteiger charge is -2.39. The molecule has 0 spiro atoms. The molecule has 0 aromatic heterocycles. The van der Waals surface area contributed by atoms with Crippen molar-refractivity contribution in [2.24, 2.45) is 5.73 Å². The van der Waals surface area contributed by atoms with E-state index >= 15 is 0 Å². The van der Waals surface area contributed by atoms with E-state index in [1.165, 1.54) is 5.56 Å². The molecule has 2 unspecified atom stereocenters. The summed E-state index contributed by atoms with van der Waals surface area (Å²) in [6.45, 7) is 5.30. The molecule has 3 nitrogen and oxygen atoms in total. The molecule has 0 radical (unpaired) electrons. The smallest absolute Gasteiger partial charge is 0.0620 e. The molecule has 1 aromatic rings. The number of nitrogens with two attached hydrogens (primary N) is 1. The second-order valence-corrected chi connectivity index (χ2v) is 4.90. The Morgan fingerprint density at radius 3 is 2.76 bits per heavy atom. The second kappa shape index (κ2) is 5.83. The molecule has 2 rings (SSSR count). The van der Waals surface area contributed by atoms with E-state index in [0.29, 0.717) is 12.6 Å². The molecule has 4 heteroatoms. The standard InChI is InChI=1S/C13H19ClN2O/c1-10-9-17-7-6-16(10)13(8-15)11-2-4-12(14)5-3-11/h2-5,10,13H,6-9,15H2,1H3. The summed E-state index contributed by atoms with van der Waals surface area (Å²) in [6.07, 6.45) is 0. The predicted octanol–water partition coefficient (Wildman–Crippen LogP) is 2.06. The molecule has 17 heavy (non-hydrogen) atoms. The van der Waals surface area contributed by atoms with Crippen molar-refractivity contribution in [3.63, 3.8) is 0 Å². The van der Waals surface area contributed by atoms with E-state index in [4.69, 9.17) is 22.1 Å². The van der Waals surface area contributed by atoms with E-state index in [1.807, 2.05) is 12.1 Å². The molecule has 0 saturated carbocycles. The second-order valence-electron chi connectivity index (χ2n) is 4.46. The van der Waals surface area contributed by atoms with Crippen LogP contribution >= 0.6 is 11.6 Å². The summed E-state index contributed by atoms with van der Waals surface area (Å²) in [5, 5.41) is 0.763. The largest absolute Gasteiger partial charge is 0.379 e. The molecule has 1 saturated heterocycles. The van der Waals surface area contributed by atoms with Crippen LogP contribution in [0.1, 0.15) is 18.5 Å². The quantitative estimate of drug-likeness (QED) is 0.898. The third kappa shape index (κ3) is 2.99. The van der Waals surface area contributed by atoms with E-state index in [-0.39, 0.29) is 6.04 Å². The Kier molecular flexibility index (Phi) is 4.40. The monoisotopic (exact) mass is 254 g/mol. The predicted molar refractivity (Wildman–Crippen MR) is 70.2 cm³/mol. The highest BCUT2D eigenvalue weighted by atomic mass is 35.5. The Labute approximate surface area is 107 Å². The van der Waals surface area contributed by atoms with Crippen LogP contribution in [0.4, 0.5) is 0 Å². The van der Waals surface area contributed by atoms with E-state index in [2.05, 4.69) is 24.0 Å². The average Bonchev–Trinajstić information content (AvgIpc) is 2.35. The topological polar surface area (TPSA) is 38.5 Å². The molecule has 0 aliphatic carbocycles. The van der Waals surface area contributed by atoms with Crippen LogP contribution in [-0.4, -0.2) is 37.2 Å². The van der Waals surface area contributed by atoms with E-state index in [0.717, 1.165) is 24.8 Å². The Morgan fingerprint density at radius 1 is 1.47 bits per heavy atom. The lowest BCUT2D eigenvalue weighted by Crippen LogP contribution is -2.47. The summed E-state index contributed by atoms with van der Waals surface area (Å²) in [7, 11) is 0. The first-order valence-corrected chi connectivity index (χ1v) is 6.39. The number of halogens is 1. The molecule has 0 amide bonds. The zero-order valence-electron chi connectivity index (χ0n) is 10.1. The summed E-state index contributed by atoms with van der Waals surface area (Å²) in [5.74, 6) is 0. The van der Waals surface area contributed by atoms with E-state index in [9.17, 15) is 0 Å². The Hall–Kier alpha value is -0.610. The molecule has 1 aromatic carbocycles. The van der Waals surface area contributed by atoms with Gasteiger partial charge in [-0.2, -0.15) is 0 Å². The first-order valence-electron chi connectivity index (χ1n) is 6.01. The Bertz CT molecular complexity index is 355. The highest BCUT2D eigenvalue weighted by Crippen LogP contribution is 2.25. The minimum Gasteiger partial charge on any atom is -0.379 e. The molecule has 1 heterocycles. The van der Waals surface area contributed by atoms with Crippen LogP contribution in [0.5, 0.6) is 0 Å². The molecular weight excluding hydrogens is 236 g/mol. The fraction of sp³-hybridized carbons (Fsp3) is 0.538. The van der Waals surface area contributed by atoms with Gasteiger partial charge in [-0.1, -0.05) is 23.7 Å². The van der Waals surface area contributed by atoms with Crippen molar-refractivity contribution >= 4 is 11.6 Å². The maximum atomic E-state index is 5.92. The summed E-state index contributed by atoms with van der Waals surface area (Å²) in [5.41, 5.74) is 7.15. The van der Waals surface area contributed by atoms with Crippen LogP contribution in [0.3, 0.4) is 0 Å². The van der Waals surface area contributed by atoms with Crippen LogP contribution in [0.25, 0.3) is 0 Å². The van der Waals surface area contributed by atoms with Crippen LogP contribution in [-0.2, 0) is 4.74 Å². The van der Waals surface area contributed by atoms with Gasteiger partial charge >= 0.3 is 0 Å². The minimum atomic E-state index is 0.256. The van der Waals surface area contributed by atoms with Crippen LogP contribution in [0, 0.1) is 0 Å². The molecule has 0 bridgehead atoms. The van der Waals surface area contributed by atoms with E-state index < -0.39 is 0 Å². The number of ether oxygens (including phenoxy) is 1. The highest BCUT2D eigenvalue weighted by Gasteiger charge is 2.26. The van der Waals surface area contributed by atoms with E-state index in [1.54, 1.807) is 0 Å². The third-order valence-corrected chi connectivity index (χ3v) is 3.55. The molecule has 2 atom stereocenters. The highest BCUT2D eigenvalue weighted by molar-refractivity contribution is 6.30. The van der Waals surface area contributed by atoms with Gasteiger partial charge in [-0.15, -0.1) is 0 Å². The maximum Gasteiger partial charge on any atom is 0.0620 e.